The van der Waals surface area contributed by atoms with Crippen LogP contribution in [0, 0.1) is 18.8 Å². The van der Waals surface area contributed by atoms with Crippen molar-refractivity contribution in [2.75, 3.05) is 71.9 Å². The number of anilines is 2. The normalized spacial score (nSPS) is 17.7. The Hall–Kier alpha value is -8.79. The summed E-state index contributed by atoms with van der Waals surface area (Å²) in [7, 11) is 7.25. The molecule has 0 radical (unpaired) electrons. The number of nitrogens with two attached hydrogens (primary N) is 2. The number of likely N-dealkylation sites (N-methyl/N-ethyl adjacent to an activating group) is 1. The molecule has 2 saturated carbocycles. The number of ether oxygens (including phenoxy) is 3. The van der Waals surface area contributed by atoms with E-state index in [0.29, 0.717) is 110 Å². The average Bonchev–Trinajstić information content (AvgIpc) is 3.08. The van der Waals surface area contributed by atoms with Gasteiger partial charge in [0.2, 0.25) is 30.0 Å². The fraction of sp³-hybridized carbons (Fsp3) is 0.507. The van der Waals surface area contributed by atoms with Crippen LogP contribution in [-0.4, -0.2) is 177 Å². The van der Waals surface area contributed by atoms with Gasteiger partial charge in [0.05, 0.1) is 49.6 Å². The molecule has 24 nitrogen and oxygen atoms in total. The van der Waals surface area contributed by atoms with Crippen LogP contribution in [0.25, 0.3) is 5.70 Å². The first-order valence-electron chi connectivity index (χ1n) is 31.4. The van der Waals surface area contributed by atoms with E-state index >= 15 is 0 Å². The maximum absolute atomic E-state index is 14.2. The van der Waals surface area contributed by atoms with Crippen LogP contribution in [0.5, 0.6) is 5.75 Å². The van der Waals surface area contributed by atoms with Gasteiger partial charge in [0.1, 0.15) is 37.4 Å². The number of hydrazine groups is 1. The number of methoxy groups -OCH3 is 1. The number of aldehydes is 1. The van der Waals surface area contributed by atoms with Gasteiger partial charge in [0.15, 0.2) is 5.84 Å². The molecule has 492 valence electrons. The van der Waals surface area contributed by atoms with Gasteiger partial charge in [0, 0.05) is 88.1 Å². The number of amidine groups is 1. The lowest BCUT2D eigenvalue weighted by atomic mass is 9.90. The van der Waals surface area contributed by atoms with Crippen molar-refractivity contribution in [3.8, 4) is 17.6 Å². The highest BCUT2D eigenvalue weighted by Gasteiger charge is 2.35. The van der Waals surface area contributed by atoms with E-state index in [1.54, 1.807) is 53.7 Å². The number of hydrogen-bond donors (Lipinski definition) is 7. The fourth-order valence-electron chi connectivity index (χ4n) is 11.7. The van der Waals surface area contributed by atoms with E-state index in [-0.39, 0.29) is 94.3 Å². The number of benzene rings is 3. The predicted octanol–water partition coefficient (Wildman–Crippen LogP) is 6.14. The molecular formula is C67H94N14O10. The standard InChI is InChI=1S/C67H94N14O10/c1-9-52(42-82)81(55-19-10-11-20-55)64(61(39-71-5)77(6)7)73-44-72-58-31-24-50(38-62(58)89-8)57(68)41-80(69)54-29-27-53(28-30-54)79(67(88)91-43-48-22-25-51(26-23-48)75-65(86)59(74-47(3)84)21-15-34-70-4)35-37-90-36-13-12-17-49-18-14-16-46(2)56(49)40-78(45-83)60-32-33-63(85)76-66(60)87/h14,16,18,22-26,31,38-39,41-42,45,52-55,59-60,70,72H,5,9-11,13,15,19-21,27-30,32-37,40,43-44,68-69H2,1-4,6-8H3,(H,74,84)(H,75,86)(H,76,85,87)/b57-41-,61-39+,73-64+/t52-,53-,54+,59+,60?/m1/s1. The van der Waals surface area contributed by atoms with Gasteiger partial charge in [-0.2, -0.15) is 0 Å². The molecule has 1 unspecified atom stereocenters. The van der Waals surface area contributed by atoms with E-state index < -0.39 is 24.1 Å². The zero-order chi connectivity index (χ0) is 65.8. The van der Waals surface area contributed by atoms with E-state index in [0.717, 1.165) is 48.8 Å². The van der Waals surface area contributed by atoms with Crippen molar-refractivity contribution in [2.45, 2.75) is 160 Å². The summed E-state index contributed by atoms with van der Waals surface area (Å²) < 4.78 is 17.9. The summed E-state index contributed by atoms with van der Waals surface area (Å²) in [5, 5.41) is 16.0. The Morgan fingerprint density at radius 2 is 1.69 bits per heavy atom. The number of hydrogen-bond acceptors (Lipinski definition) is 18. The summed E-state index contributed by atoms with van der Waals surface area (Å²) in [6.45, 7) is 10.7. The number of aliphatic imine (C=N–C) groups is 2. The van der Waals surface area contributed by atoms with Crippen molar-refractivity contribution in [2.24, 2.45) is 21.6 Å². The lowest BCUT2D eigenvalue weighted by Gasteiger charge is -2.38. The first kappa shape index (κ1) is 71.3. The molecule has 24 heteroatoms. The largest absolute Gasteiger partial charge is 0.495 e. The highest BCUT2D eigenvalue weighted by Crippen LogP contribution is 2.32. The molecule has 0 bridgehead atoms. The van der Waals surface area contributed by atoms with Gasteiger partial charge in [-0.25, -0.2) is 15.6 Å². The topological polar surface area (TPSA) is 300 Å². The third kappa shape index (κ3) is 21.2. The Morgan fingerprint density at radius 1 is 0.956 bits per heavy atom. The molecule has 3 atom stereocenters. The molecule has 1 saturated heterocycles. The summed E-state index contributed by atoms with van der Waals surface area (Å²) in [4.78, 5) is 105. The molecule has 3 fully saturated rings. The second-order valence-electron chi connectivity index (χ2n) is 23.2. The molecule has 3 aromatic rings. The summed E-state index contributed by atoms with van der Waals surface area (Å²) >= 11 is 0. The summed E-state index contributed by atoms with van der Waals surface area (Å²) in [5.74, 6) is 12.9. The number of carbonyl (C=O) groups is 7. The van der Waals surface area contributed by atoms with E-state index in [1.807, 2.05) is 76.3 Å². The molecule has 9 N–H and O–H groups in total. The van der Waals surface area contributed by atoms with E-state index in [1.165, 1.54) is 11.8 Å². The van der Waals surface area contributed by atoms with Gasteiger partial charge >= 0.3 is 6.09 Å². The van der Waals surface area contributed by atoms with Crippen molar-refractivity contribution in [3.63, 3.8) is 0 Å². The summed E-state index contributed by atoms with van der Waals surface area (Å²) in [5.41, 5.74) is 12.9. The van der Waals surface area contributed by atoms with Crippen LogP contribution in [0.2, 0.25) is 0 Å². The number of rotatable bonds is 33. The zero-order valence-electron chi connectivity index (χ0n) is 54.0. The van der Waals surface area contributed by atoms with Crippen LogP contribution in [0.1, 0.15) is 132 Å². The quantitative estimate of drug-likeness (QED) is 0.00526. The number of piperidine rings is 1. The molecule has 1 aliphatic heterocycles. The third-order valence-electron chi connectivity index (χ3n) is 16.7. The minimum absolute atomic E-state index is 0.0332. The average molecular weight is 1260 g/mol. The second kappa shape index (κ2) is 36.8. The van der Waals surface area contributed by atoms with Gasteiger partial charge in [-0.05, 0) is 138 Å². The number of imide groups is 1. The SMILES string of the molecule is C=N/C=C(\C(=N/CNc1ccc(/C(N)=C/N(N)[C@H]2CC[C@@H](N(CCOCCC#Cc3cccc(C)c3CN(C=O)C3CCC(=O)NC3=O)C(=O)OCc3ccc(NC(=O)[C@H](CCCNC)NC(C)=O)cc3)CC2)cc1OC)N(C1CCCC1)[C@@H](C=O)CC)N(C)C. The first-order valence-corrected chi connectivity index (χ1v) is 31.4. The molecule has 6 rings (SSSR count). The van der Waals surface area contributed by atoms with Gasteiger partial charge in [-0.3, -0.25) is 34.3 Å². The molecule has 3 aliphatic rings. The Bertz CT molecular complexity index is 3110. The maximum atomic E-state index is 14.2. The summed E-state index contributed by atoms with van der Waals surface area (Å²) in [6, 6.07) is 16.3. The molecule has 91 heavy (non-hydrogen) atoms. The fourth-order valence-corrected chi connectivity index (χ4v) is 11.7. The molecule has 0 aromatic heterocycles. The third-order valence-corrected chi connectivity index (χ3v) is 16.7. The van der Waals surface area contributed by atoms with Gasteiger partial charge in [0.25, 0.3) is 0 Å². The highest BCUT2D eigenvalue weighted by molar-refractivity contribution is 6.01. The van der Waals surface area contributed by atoms with Crippen molar-refractivity contribution in [1.82, 2.24) is 40.6 Å². The molecule has 6 amide bonds. The number of aryl methyl sites for hydroxylation is 1. The van der Waals surface area contributed by atoms with E-state index in [4.69, 9.17) is 30.8 Å². The number of nitrogens with one attached hydrogen (secondary N) is 5. The number of carbonyl (C=O) groups excluding carboxylic acids is 7. The monoisotopic (exact) mass is 1250 g/mol. The minimum atomic E-state index is -0.764. The summed E-state index contributed by atoms with van der Waals surface area (Å²) in [6.07, 6.45) is 13.7. The van der Waals surface area contributed by atoms with Crippen LogP contribution in [0.4, 0.5) is 16.2 Å². The molecule has 1 heterocycles. The van der Waals surface area contributed by atoms with E-state index in [2.05, 4.69) is 55.0 Å². The minimum Gasteiger partial charge on any atom is -0.495 e. The molecule has 0 spiro atoms. The van der Waals surface area contributed by atoms with Crippen molar-refractivity contribution in [1.29, 1.82) is 0 Å². The first-order chi connectivity index (χ1) is 43.9. The van der Waals surface area contributed by atoms with Crippen molar-refractivity contribution >= 4 is 72.0 Å². The molecule has 2 aliphatic carbocycles. The number of amides is 6. The number of nitrogens with zero attached hydrogens (tertiary/aromatic N) is 7. The zero-order valence-corrected chi connectivity index (χ0v) is 54.0. The Labute approximate surface area is 535 Å². The van der Waals surface area contributed by atoms with Crippen LogP contribution in [0.15, 0.2) is 88.7 Å². The maximum Gasteiger partial charge on any atom is 0.410 e. The van der Waals surface area contributed by atoms with Gasteiger partial charge < -0.3 is 70.6 Å². The van der Waals surface area contributed by atoms with Crippen LogP contribution >= 0.6 is 0 Å². The second-order valence-corrected chi connectivity index (χ2v) is 23.2. The predicted molar refractivity (Wildman–Crippen MR) is 353 cm³/mol. The van der Waals surface area contributed by atoms with Crippen LogP contribution < -0.4 is 42.9 Å². The lowest BCUT2D eigenvalue weighted by Crippen LogP contribution is -2.51. The smallest absolute Gasteiger partial charge is 0.410 e. The lowest BCUT2D eigenvalue weighted by molar-refractivity contribution is -0.141. The van der Waals surface area contributed by atoms with Crippen LogP contribution in [0.3, 0.4) is 0 Å². The highest BCUT2D eigenvalue weighted by atomic mass is 16.6. The van der Waals surface area contributed by atoms with Crippen molar-refractivity contribution < 1.29 is 47.8 Å². The van der Waals surface area contributed by atoms with Crippen molar-refractivity contribution in [3.05, 3.63) is 107 Å². The van der Waals surface area contributed by atoms with Crippen LogP contribution in [-0.2, 0) is 51.4 Å². The Kier molecular flexibility index (Phi) is 28.8. The molecular weight excluding hydrogens is 1160 g/mol. The van der Waals surface area contributed by atoms with Gasteiger partial charge in [-0.1, -0.05) is 61.9 Å². The molecule has 3 aromatic carbocycles. The Morgan fingerprint density at radius 3 is 2.34 bits per heavy atom. The Balaban J connectivity index is 1.10. The van der Waals surface area contributed by atoms with Gasteiger partial charge in [-0.15, -0.1) is 0 Å². The van der Waals surface area contributed by atoms with E-state index in [9.17, 15) is 33.6 Å².